The van der Waals surface area contributed by atoms with Crippen LogP contribution in [0.15, 0.2) is 11.1 Å². The summed E-state index contributed by atoms with van der Waals surface area (Å²) in [7, 11) is 0. The SMILES string of the molecule is CCSc1nn(-c2nc(C)cc(C)n2)c(N)c1C(=O)O. The second-order valence-electron chi connectivity index (χ2n) is 4.17. The molecule has 2 heterocycles. The number of hydrogen-bond acceptors (Lipinski definition) is 6. The standard InChI is InChI=1S/C12H15N5O2S/c1-4-20-10-8(11(18)19)9(13)17(16-10)12-14-6(2)5-7(3)15-12/h5H,4,13H2,1-3H3,(H,18,19). The molecule has 106 valence electrons. The summed E-state index contributed by atoms with van der Waals surface area (Å²) in [5.74, 6) is -0.0808. The topological polar surface area (TPSA) is 107 Å². The third kappa shape index (κ3) is 2.60. The summed E-state index contributed by atoms with van der Waals surface area (Å²) in [5.41, 5.74) is 7.43. The predicted molar refractivity (Wildman–Crippen MR) is 76.4 cm³/mol. The van der Waals surface area contributed by atoms with E-state index in [2.05, 4.69) is 15.1 Å². The van der Waals surface area contributed by atoms with Crippen molar-refractivity contribution < 1.29 is 9.90 Å². The van der Waals surface area contributed by atoms with E-state index in [-0.39, 0.29) is 17.3 Å². The first-order valence-electron chi connectivity index (χ1n) is 6.01. The van der Waals surface area contributed by atoms with E-state index in [1.165, 1.54) is 16.4 Å². The van der Waals surface area contributed by atoms with Crippen LogP contribution in [-0.2, 0) is 0 Å². The summed E-state index contributed by atoms with van der Waals surface area (Å²) in [4.78, 5) is 19.8. The second kappa shape index (κ2) is 5.49. The van der Waals surface area contributed by atoms with Crippen LogP contribution < -0.4 is 5.73 Å². The predicted octanol–water partition coefficient (Wildman–Crippen LogP) is 1.67. The largest absolute Gasteiger partial charge is 0.477 e. The molecule has 2 aromatic rings. The Morgan fingerprint density at radius 3 is 2.50 bits per heavy atom. The van der Waals surface area contributed by atoms with Gasteiger partial charge in [0.1, 0.15) is 16.4 Å². The lowest BCUT2D eigenvalue weighted by Gasteiger charge is -2.04. The van der Waals surface area contributed by atoms with Gasteiger partial charge in [0.25, 0.3) is 5.95 Å². The molecule has 0 bridgehead atoms. The lowest BCUT2D eigenvalue weighted by molar-refractivity contribution is 0.0694. The van der Waals surface area contributed by atoms with Crippen LogP contribution in [0, 0.1) is 13.8 Å². The van der Waals surface area contributed by atoms with Crippen molar-refractivity contribution in [1.29, 1.82) is 0 Å². The first kappa shape index (κ1) is 14.3. The second-order valence-corrected chi connectivity index (χ2v) is 5.42. The third-order valence-corrected chi connectivity index (χ3v) is 3.39. The fourth-order valence-corrected chi connectivity index (χ4v) is 2.55. The van der Waals surface area contributed by atoms with E-state index < -0.39 is 5.97 Å². The molecule has 0 spiro atoms. The van der Waals surface area contributed by atoms with Crippen LogP contribution in [0.2, 0.25) is 0 Å². The fraction of sp³-hybridized carbons (Fsp3) is 0.333. The van der Waals surface area contributed by atoms with Crippen LogP contribution in [0.4, 0.5) is 5.82 Å². The molecule has 0 aliphatic carbocycles. The number of carboxylic acids is 1. The van der Waals surface area contributed by atoms with E-state index in [9.17, 15) is 9.90 Å². The van der Waals surface area contributed by atoms with Gasteiger partial charge in [-0.05, 0) is 25.7 Å². The molecule has 2 aromatic heterocycles. The fourth-order valence-electron chi connectivity index (χ4n) is 1.80. The zero-order valence-corrected chi connectivity index (χ0v) is 12.2. The Labute approximate surface area is 120 Å². The van der Waals surface area contributed by atoms with Crippen molar-refractivity contribution >= 4 is 23.5 Å². The number of aromatic nitrogens is 4. The summed E-state index contributed by atoms with van der Waals surface area (Å²) in [6.07, 6.45) is 0. The molecule has 0 fully saturated rings. The molecule has 0 saturated heterocycles. The zero-order chi connectivity index (χ0) is 14.9. The summed E-state index contributed by atoms with van der Waals surface area (Å²) in [6.45, 7) is 5.58. The van der Waals surface area contributed by atoms with Crippen LogP contribution in [0.1, 0.15) is 28.7 Å². The normalized spacial score (nSPS) is 10.8. The van der Waals surface area contributed by atoms with Crippen LogP contribution in [0.3, 0.4) is 0 Å². The Hall–Kier alpha value is -2.09. The number of nitrogens with two attached hydrogens (primary N) is 1. The Balaban J connectivity index is 2.62. The van der Waals surface area contributed by atoms with Gasteiger partial charge >= 0.3 is 5.97 Å². The molecule has 0 radical (unpaired) electrons. The molecular weight excluding hydrogens is 278 g/mol. The third-order valence-electron chi connectivity index (χ3n) is 2.54. The highest BCUT2D eigenvalue weighted by Gasteiger charge is 2.23. The number of carboxylic acid groups (broad SMARTS) is 1. The molecule has 0 aromatic carbocycles. The highest BCUT2D eigenvalue weighted by Crippen LogP contribution is 2.27. The number of nitrogens with zero attached hydrogens (tertiary/aromatic N) is 4. The van der Waals surface area contributed by atoms with E-state index >= 15 is 0 Å². The number of nitrogen functional groups attached to an aromatic ring is 1. The number of hydrogen-bond donors (Lipinski definition) is 2. The smallest absolute Gasteiger partial charge is 0.342 e. The van der Waals surface area contributed by atoms with Gasteiger partial charge in [-0.1, -0.05) is 6.92 Å². The van der Waals surface area contributed by atoms with Crippen LogP contribution >= 0.6 is 11.8 Å². The van der Waals surface area contributed by atoms with Crippen molar-refractivity contribution in [3.8, 4) is 5.95 Å². The average Bonchev–Trinajstić information content (AvgIpc) is 2.65. The number of carbonyl (C=O) groups is 1. The number of anilines is 1. The maximum atomic E-state index is 11.3. The Morgan fingerprint density at radius 1 is 1.40 bits per heavy atom. The van der Waals surface area contributed by atoms with Crippen molar-refractivity contribution in [3.63, 3.8) is 0 Å². The summed E-state index contributed by atoms with van der Waals surface area (Å²) >= 11 is 1.32. The molecule has 3 N–H and O–H groups in total. The van der Waals surface area contributed by atoms with Gasteiger partial charge in [-0.15, -0.1) is 11.8 Å². The van der Waals surface area contributed by atoms with Gasteiger partial charge in [-0.3, -0.25) is 0 Å². The number of thioether (sulfide) groups is 1. The molecule has 0 aliphatic rings. The van der Waals surface area contributed by atoms with Crippen molar-refractivity contribution in [2.45, 2.75) is 25.8 Å². The van der Waals surface area contributed by atoms with E-state index in [1.807, 2.05) is 26.8 Å². The van der Waals surface area contributed by atoms with Crippen molar-refractivity contribution in [2.75, 3.05) is 11.5 Å². The minimum Gasteiger partial charge on any atom is -0.477 e. The van der Waals surface area contributed by atoms with Crippen LogP contribution in [-0.4, -0.2) is 36.6 Å². The molecule has 8 heteroatoms. The van der Waals surface area contributed by atoms with Crippen LogP contribution in [0.5, 0.6) is 0 Å². The molecule has 2 rings (SSSR count). The Morgan fingerprint density at radius 2 is 2.00 bits per heavy atom. The van der Waals surface area contributed by atoms with Gasteiger partial charge in [0.15, 0.2) is 0 Å². The minimum absolute atomic E-state index is 0.000362. The lowest BCUT2D eigenvalue weighted by atomic mass is 10.3. The quantitative estimate of drug-likeness (QED) is 0.825. The number of rotatable bonds is 4. The molecule has 20 heavy (non-hydrogen) atoms. The van der Waals surface area contributed by atoms with Gasteiger partial charge in [0, 0.05) is 11.4 Å². The summed E-state index contributed by atoms with van der Waals surface area (Å²) < 4.78 is 1.28. The lowest BCUT2D eigenvalue weighted by Crippen LogP contribution is -2.10. The Kier molecular flexibility index (Phi) is 3.93. The maximum Gasteiger partial charge on any atom is 0.342 e. The summed E-state index contributed by atoms with van der Waals surface area (Å²) in [5, 5.41) is 13.9. The van der Waals surface area contributed by atoms with E-state index in [4.69, 9.17) is 5.73 Å². The van der Waals surface area contributed by atoms with Crippen LogP contribution in [0.25, 0.3) is 5.95 Å². The number of aryl methyl sites for hydroxylation is 2. The van der Waals surface area contributed by atoms with Crippen molar-refractivity contribution in [3.05, 3.63) is 23.0 Å². The molecular formula is C12H15N5O2S. The van der Waals surface area contributed by atoms with E-state index in [1.54, 1.807) is 0 Å². The Bertz CT molecular complexity index is 648. The van der Waals surface area contributed by atoms with Gasteiger partial charge < -0.3 is 10.8 Å². The van der Waals surface area contributed by atoms with Gasteiger partial charge in [-0.2, -0.15) is 9.78 Å². The van der Waals surface area contributed by atoms with Gasteiger partial charge in [-0.25, -0.2) is 14.8 Å². The molecule has 0 atom stereocenters. The zero-order valence-electron chi connectivity index (χ0n) is 11.4. The molecule has 0 unspecified atom stereocenters. The minimum atomic E-state index is -1.10. The highest BCUT2D eigenvalue weighted by molar-refractivity contribution is 7.99. The first-order chi connectivity index (χ1) is 9.43. The monoisotopic (exact) mass is 293 g/mol. The average molecular weight is 293 g/mol. The number of aromatic carboxylic acids is 1. The van der Waals surface area contributed by atoms with Gasteiger partial charge in [0.2, 0.25) is 0 Å². The molecule has 0 amide bonds. The van der Waals surface area contributed by atoms with Gasteiger partial charge in [0.05, 0.1) is 0 Å². The summed E-state index contributed by atoms with van der Waals surface area (Å²) in [6, 6.07) is 1.82. The maximum absolute atomic E-state index is 11.3. The first-order valence-corrected chi connectivity index (χ1v) is 6.99. The van der Waals surface area contributed by atoms with Crippen molar-refractivity contribution in [1.82, 2.24) is 19.7 Å². The van der Waals surface area contributed by atoms with Crippen molar-refractivity contribution in [2.24, 2.45) is 0 Å². The molecule has 0 aliphatic heterocycles. The van der Waals surface area contributed by atoms with E-state index in [0.29, 0.717) is 10.8 Å². The molecule has 7 nitrogen and oxygen atoms in total. The molecule has 0 saturated carbocycles. The van der Waals surface area contributed by atoms with E-state index in [0.717, 1.165) is 11.4 Å². The highest BCUT2D eigenvalue weighted by atomic mass is 32.2.